The first kappa shape index (κ1) is 13.8. The van der Waals surface area contributed by atoms with Crippen LogP contribution < -0.4 is 5.32 Å². The van der Waals surface area contributed by atoms with Crippen LogP contribution in [-0.4, -0.2) is 13.1 Å². The molecule has 0 saturated heterocycles. The van der Waals surface area contributed by atoms with Crippen LogP contribution in [0.4, 0.5) is 4.39 Å². The lowest BCUT2D eigenvalue weighted by Crippen LogP contribution is -2.29. The first-order valence-corrected chi connectivity index (χ1v) is 6.64. The topological polar surface area (TPSA) is 12.0 Å². The highest BCUT2D eigenvalue weighted by Crippen LogP contribution is 2.11. The van der Waals surface area contributed by atoms with Gasteiger partial charge in [-0.25, -0.2) is 4.39 Å². The molecule has 100 valence electrons. The van der Waals surface area contributed by atoms with Crippen molar-refractivity contribution in [1.82, 2.24) is 5.32 Å². The van der Waals surface area contributed by atoms with Gasteiger partial charge in [0.1, 0.15) is 5.82 Å². The number of rotatable bonds is 5. The van der Waals surface area contributed by atoms with E-state index in [9.17, 15) is 4.39 Å². The Morgan fingerprint density at radius 3 is 2.32 bits per heavy atom. The predicted octanol–water partition coefficient (Wildman–Crippen LogP) is 3.51. The van der Waals surface area contributed by atoms with Gasteiger partial charge in [-0.15, -0.1) is 0 Å². The average Bonchev–Trinajstić information content (AvgIpc) is 2.40. The second kappa shape index (κ2) is 6.48. The zero-order valence-electron chi connectivity index (χ0n) is 11.5. The van der Waals surface area contributed by atoms with Gasteiger partial charge in [0, 0.05) is 6.04 Å². The number of likely N-dealkylation sites (N-methyl/N-ethyl adjacent to an activating group) is 1. The molecule has 0 bridgehead atoms. The van der Waals surface area contributed by atoms with E-state index in [2.05, 4.69) is 36.5 Å². The Kier molecular flexibility index (Phi) is 4.69. The smallest absolute Gasteiger partial charge is 0.123 e. The number of hydrogen-bond acceptors (Lipinski definition) is 1. The van der Waals surface area contributed by atoms with Gasteiger partial charge >= 0.3 is 0 Å². The van der Waals surface area contributed by atoms with E-state index >= 15 is 0 Å². The van der Waals surface area contributed by atoms with Gasteiger partial charge in [0.25, 0.3) is 0 Å². The molecule has 1 nitrogen and oxygen atoms in total. The first-order chi connectivity index (χ1) is 9.17. The third kappa shape index (κ3) is 4.18. The summed E-state index contributed by atoms with van der Waals surface area (Å²) >= 11 is 0. The molecular weight excluding hydrogens is 237 g/mol. The van der Waals surface area contributed by atoms with Gasteiger partial charge in [0.15, 0.2) is 0 Å². The Morgan fingerprint density at radius 1 is 1.00 bits per heavy atom. The molecule has 2 aromatic carbocycles. The van der Waals surface area contributed by atoms with E-state index in [1.54, 1.807) is 0 Å². The molecule has 0 aliphatic rings. The van der Waals surface area contributed by atoms with Crippen LogP contribution in [0, 0.1) is 12.7 Å². The molecule has 0 aliphatic carbocycles. The maximum absolute atomic E-state index is 12.9. The van der Waals surface area contributed by atoms with Crippen molar-refractivity contribution in [3.05, 3.63) is 71.0 Å². The van der Waals surface area contributed by atoms with E-state index in [-0.39, 0.29) is 5.82 Å². The highest BCUT2D eigenvalue weighted by atomic mass is 19.1. The summed E-state index contributed by atoms with van der Waals surface area (Å²) in [6, 6.07) is 15.7. The normalized spacial score (nSPS) is 12.4. The van der Waals surface area contributed by atoms with Gasteiger partial charge in [-0.05, 0) is 50.1 Å². The molecule has 0 fully saturated rings. The molecule has 2 aromatic rings. The standard InChI is InChI=1S/C17H20FN/c1-13-4-3-5-15(10-13)12-17(19-2)11-14-6-8-16(18)9-7-14/h3-10,17,19H,11-12H2,1-2H3. The van der Waals surface area contributed by atoms with E-state index in [1.807, 2.05) is 19.2 Å². The summed E-state index contributed by atoms with van der Waals surface area (Å²) < 4.78 is 12.9. The molecule has 0 aromatic heterocycles. The van der Waals surface area contributed by atoms with E-state index in [4.69, 9.17) is 0 Å². The molecule has 0 heterocycles. The third-order valence-corrected chi connectivity index (χ3v) is 3.37. The molecule has 2 heteroatoms. The number of halogens is 1. The summed E-state index contributed by atoms with van der Waals surface area (Å²) in [5.41, 5.74) is 3.78. The highest BCUT2D eigenvalue weighted by Gasteiger charge is 2.08. The Bertz CT molecular complexity index is 519. The minimum Gasteiger partial charge on any atom is -0.316 e. The van der Waals surface area contributed by atoms with E-state index in [1.165, 1.54) is 23.3 Å². The van der Waals surface area contributed by atoms with Crippen LogP contribution in [0.15, 0.2) is 48.5 Å². The maximum atomic E-state index is 12.9. The van der Waals surface area contributed by atoms with Crippen LogP contribution in [0.1, 0.15) is 16.7 Å². The summed E-state index contributed by atoms with van der Waals surface area (Å²) in [5.74, 6) is -0.177. The Hall–Kier alpha value is -1.67. The fourth-order valence-electron chi connectivity index (χ4n) is 2.30. The van der Waals surface area contributed by atoms with Crippen molar-refractivity contribution in [3.8, 4) is 0 Å². The molecule has 1 N–H and O–H groups in total. The molecule has 0 radical (unpaired) electrons. The second-order valence-corrected chi connectivity index (χ2v) is 5.01. The van der Waals surface area contributed by atoms with Crippen LogP contribution >= 0.6 is 0 Å². The molecule has 1 unspecified atom stereocenters. The van der Waals surface area contributed by atoms with Crippen molar-refractivity contribution in [2.45, 2.75) is 25.8 Å². The Morgan fingerprint density at radius 2 is 1.68 bits per heavy atom. The third-order valence-electron chi connectivity index (χ3n) is 3.37. The van der Waals surface area contributed by atoms with Crippen LogP contribution in [-0.2, 0) is 12.8 Å². The van der Waals surface area contributed by atoms with Crippen LogP contribution in [0.3, 0.4) is 0 Å². The van der Waals surface area contributed by atoms with Gasteiger partial charge in [-0.1, -0.05) is 42.0 Å². The lowest BCUT2D eigenvalue weighted by Gasteiger charge is -2.16. The summed E-state index contributed by atoms with van der Waals surface area (Å²) in [6.45, 7) is 2.11. The van der Waals surface area contributed by atoms with Crippen LogP contribution in [0.5, 0.6) is 0 Å². The molecule has 0 spiro atoms. The maximum Gasteiger partial charge on any atom is 0.123 e. The average molecular weight is 257 g/mol. The van der Waals surface area contributed by atoms with Crippen molar-refractivity contribution < 1.29 is 4.39 Å². The molecule has 0 aliphatic heterocycles. The predicted molar refractivity (Wildman–Crippen MR) is 77.8 cm³/mol. The van der Waals surface area contributed by atoms with Crippen molar-refractivity contribution in [1.29, 1.82) is 0 Å². The molecule has 1 atom stereocenters. The van der Waals surface area contributed by atoms with Crippen LogP contribution in [0.25, 0.3) is 0 Å². The zero-order valence-corrected chi connectivity index (χ0v) is 11.5. The van der Waals surface area contributed by atoms with E-state index < -0.39 is 0 Å². The molecule has 0 amide bonds. The Labute approximate surface area is 114 Å². The van der Waals surface area contributed by atoms with E-state index in [0.717, 1.165) is 18.4 Å². The fraction of sp³-hybridized carbons (Fsp3) is 0.294. The molecule has 2 rings (SSSR count). The molecule has 0 saturated carbocycles. The summed E-state index contributed by atoms with van der Waals surface area (Å²) in [5, 5.41) is 3.34. The number of benzene rings is 2. The SMILES string of the molecule is CNC(Cc1ccc(F)cc1)Cc1cccc(C)c1. The largest absolute Gasteiger partial charge is 0.316 e. The number of hydrogen-bond donors (Lipinski definition) is 1. The lowest BCUT2D eigenvalue weighted by molar-refractivity contribution is 0.555. The first-order valence-electron chi connectivity index (χ1n) is 6.64. The van der Waals surface area contributed by atoms with E-state index in [0.29, 0.717) is 6.04 Å². The van der Waals surface area contributed by atoms with Gasteiger partial charge < -0.3 is 5.32 Å². The van der Waals surface area contributed by atoms with Crippen molar-refractivity contribution in [3.63, 3.8) is 0 Å². The van der Waals surface area contributed by atoms with Crippen molar-refractivity contribution in [2.24, 2.45) is 0 Å². The zero-order chi connectivity index (χ0) is 13.7. The minimum atomic E-state index is -0.177. The summed E-state index contributed by atoms with van der Waals surface area (Å²) in [4.78, 5) is 0. The minimum absolute atomic E-state index is 0.177. The fourth-order valence-corrected chi connectivity index (χ4v) is 2.30. The summed E-state index contributed by atoms with van der Waals surface area (Å²) in [6.07, 6.45) is 1.89. The van der Waals surface area contributed by atoms with Gasteiger partial charge in [-0.3, -0.25) is 0 Å². The summed E-state index contributed by atoms with van der Waals surface area (Å²) in [7, 11) is 1.98. The quantitative estimate of drug-likeness (QED) is 0.864. The number of aryl methyl sites for hydroxylation is 1. The van der Waals surface area contributed by atoms with Crippen molar-refractivity contribution >= 4 is 0 Å². The number of nitrogens with one attached hydrogen (secondary N) is 1. The monoisotopic (exact) mass is 257 g/mol. The highest BCUT2D eigenvalue weighted by molar-refractivity contribution is 5.24. The van der Waals surface area contributed by atoms with Gasteiger partial charge in [0.05, 0.1) is 0 Å². The Balaban J connectivity index is 2.02. The lowest BCUT2D eigenvalue weighted by atomic mass is 9.98. The van der Waals surface area contributed by atoms with Crippen LogP contribution in [0.2, 0.25) is 0 Å². The molecular formula is C17H20FN. The van der Waals surface area contributed by atoms with Crippen molar-refractivity contribution in [2.75, 3.05) is 7.05 Å². The molecule has 19 heavy (non-hydrogen) atoms. The van der Waals surface area contributed by atoms with Gasteiger partial charge in [0.2, 0.25) is 0 Å². The second-order valence-electron chi connectivity index (χ2n) is 5.01. The van der Waals surface area contributed by atoms with Gasteiger partial charge in [-0.2, -0.15) is 0 Å².